The van der Waals surface area contributed by atoms with Crippen molar-refractivity contribution in [2.24, 2.45) is 0 Å². The van der Waals surface area contributed by atoms with Gasteiger partial charge in [0.2, 0.25) is 5.91 Å². The van der Waals surface area contributed by atoms with Gasteiger partial charge in [-0.3, -0.25) is 9.59 Å². The Kier molecular flexibility index (Phi) is 7.43. The first-order chi connectivity index (χ1) is 17.4. The Bertz CT molecular complexity index is 1440. The highest BCUT2D eigenvalue weighted by Crippen LogP contribution is 2.32. The number of amides is 1. The Morgan fingerprint density at radius 3 is 2.39 bits per heavy atom. The van der Waals surface area contributed by atoms with Crippen molar-refractivity contribution in [2.45, 2.75) is 47.1 Å². The largest absolute Gasteiger partial charge is 0.494 e. The third-order valence-electron chi connectivity index (χ3n) is 6.27. The normalized spacial score (nSPS) is 11.9. The second-order valence-corrected chi connectivity index (χ2v) is 8.46. The standard InChI is InChI=1S/C28H32N4O4/c1-6-24(27(33)30-23-16-21(35-7-2)14-15-25(23)36-8-3)31-18(4)22-17-29-32(20-12-10-9-11-13-20)28(34)26(22)19(31)5/h9-17,24H,6-8H2,1-5H3,(H,30,33)/t24-/m0/s1. The lowest BCUT2D eigenvalue weighted by molar-refractivity contribution is -0.119. The van der Waals surface area contributed by atoms with Gasteiger partial charge in [0.1, 0.15) is 17.5 Å². The highest BCUT2D eigenvalue weighted by molar-refractivity contribution is 5.96. The van der Waals surface area contributed by atoms with Crippen molar-refractivity contribution < 1.29 is 14.3 Å². The van der Waals surface area contributed by atoms with E-state index in [1.54, 1.807) is 18.3 Å². The Hall–Kier alpha value is -4.07. The molecule has 0 saturated heterocycles. The summed E-state index contributed by atoms with van der Waals surface area (Å²) in [6.45, 7) is 10.5. The predicted molar refractivity (Wildman–Crippen MR) is 142 cm³/mol. The van der Waals surface area contributed by atoms with Crippen LogP contribution >= 0.6 is 0 Å². The van der Waals surface area contributed by atoms with E-state index in [-0.39, 0.29) is 11.5 Å². The summed E-state index contributed by atoms with van der Waals surface area (Å²) in [5, 5.41) is 8.74. The van der Waals surface area contributed by atoms with Crippen LogP contribution < -0.4 is 20.3 Å². The summed E-state index contributed by atoms with van der Waals surface area (Å²) in [4.78, 5) is 27.1. The van der Waals surface area contributed by atoms with Gasteiger partial charge in [0, 0.05) is 22.8 Å². The third kappa shape index (κ3) is 4.58. The molecule has 2 aromatic carbocycles. The zero-order chi connectivity index (χ0) is 25.8. The Morgan fingerprint density at radius 1 is 1.00 bits per heavy atom. The molecule has 4 rings (SSSR count). The fraction of sp³-hybridized carbons (Fsp3) is 0.321. The highest BCUT2D eigenvalue weighted by atomic mass is 16.5. The van der Waals surface area contributed by atoms with Crippen molar-refractivity contribution in [1.29, 1.82) is 0 Å². The van der Waals surface area contributed by atoms with Crippen LogP contribution in [-0.4, -0.2) is 33.5 Å². The van der Waals surface area contributed by atoms with Crippen LogP contribution in [0, 0.1) is 13.8 Å². The summed E-state index contributed by atoms with van der Waals surface area (Å²) in [7, 11) is 0. The molecule has 0 bridgehead atoms. The maximum Gasteiger partial charge on any atom is 0.281 e. The van der Waals surface area contributed by atoms with E-state index in [9.17, 15) is 9.59 Å². The molecule has 36 heavy (non-hydrogen) atoms. The second kappa shape index (κ2) is 10.7. The molecule has 1 N–H and O–H groups in total. The number of aromatic nitrogens is 3. The Labute approximate surface area is 210 Å². The van der Waals surface area contributed by atoms with Crippen molar-refractivity contribution in [3.63, 3.8) is 0 Å². The summed E-state index contributed by atoms with van der Waals surface area (Å²) in [5.74, 6) is 1.02. The van der Waals surface area contributed by atoms with Crippen molar-refractivity contribution >= 4 is 22.4 Å². The van der Waals surface area contributed by atoms with Gasteiger partial charge in [-0.2, -0.15) is 9.78 Å². The molecule has 8 heteroatoms. The molecule has 188 valence electrons. The molecule has 0 radical (unpaired) electrons. The average molecular weight is 489 g/mol. The number of ether oxygens (including phenoxy) is 2. The number of para-hydroxylation sites is 1. The molecule has 8 nitrogen and oxygen atoms in total. The number of hydrogen-bond acceptors (Lipinski definition) is 5. The van der Waals surface area contributed by atoms with Gasteiger partial charge in [-0.05, 0) is 58.4 Å². The molecule has 0 spiro atoms. The SMILES string of the molecule is CCOc1ccc(OCC)c(NC(=O)[C@H](CC)n2c(C)c3cnn(-c4ccccc4)c(=O)c3c2C)c1. The van der Waals surface area contributed by atoms with E-state index in [2.05, 4.69) is 10.4 Å². The number of hydrogen-bond donors (Lipinski definition) is 1. The monoisotopic (exact) mass is 488 g/mol. The van der Waals surface area contributed by atoms with E-state index in [0.717, 1.165) is 16.8 Å². The number of anilines is 1. The van der Waals surface area contributed by atoms with Crippen molar-refractivity contribution in [2.75, 3.05) is 18.5 Å². The topological polar surface area (TPSA) is 87.4 Å². The van der Waals surface area contributed by atoms with E-state index >= 15 is 0 Å². The number of aryl methyl sites for hydroxylation is 2. The number of rotatable bonds is 9. The van der Waals surface area contributed by atoms with Gasteiger partial charge < -0.3 is 19.4 Å². The summed E-state index contributed by atoms with van der Waals surface area (Å²) in [6.07, 6.45) is 2.23. The van der Waals surface area contributed by atoms with Crippen LogP contribution in [-0.2, 0) is 4.79 Å². The fourth-order valence-corrected chi connectivity index (χ4v) is 4.65. The molecule has 0 aliphatic carbocycles. The summed E-state index contributed by atoms with van der Waals surface area (Å²) >= 11 is 0. The maximum absolute atomic E-state index is 13.6. The van der Waals surface area contributed by atoms with Crippen LogP contribution in [0.3, 0.4) is 0 Å². The van der Waals surface area contributed by atoms with Gasteiger partial charge in [-0.1, -0.05) is 25.1 Å². The zero-order valence-electron chi connectivity index (χ0n) is 21.4. The van der Waals surface area contributed by atoms with Crippen LogP contribution in [0.1, 0.15) is 44.6 Å². The molecule has 1 amide bonds. The maximum atomic E-state index is 13.6. The van der Waals surface area contributed by atoms with Crippen LogP contribution in [0.2, 0.25) is 0 Å². The first-order valence-corrected chi connectivity index (χ1v) is 12.3. The number of fused-ring (bicyclic) bond motifs is 1. The van der Waals surface area contributed by atoms with Gasteiger partial charge in [0.15, 0.2) is 0 Å². The zero-order valence-corrected chi connectivity index (χ0v) is 21.4. The highest BCUT2D eigenvalue weighted by Gasteiger charge is 2.26. The summed E-state index contributed by atoms with van der Waals surface area (Å²) in [6, 6.07) is 14.2. The van der Waals surface area contributed by atoms with E-state index in [4.69, 9.17) is 9.47 Å². The molecule has 1 atom stereocenters. The predicted octanol–water partition coefficient (Wildman–Crippen LogP) is 5.19. The first-order valence-electron chi connectivity index (χ1n) is 12.3. The minimum Gasteiger partial charge on any atom is -0.494 e. The molecular weight excluding hydrogens is 456 g/mol. The van der Waals surface area contributed by atoms with Crippen molar-refractivity contribution in [3.05, 3.63) is 76.5 Å². The first kappa shape index (κ1) is 25.0. The van der Waals surface area contributed by atoms with Gasteiger partial charge in [-0.25, -0.2) is 0 Å². The molecule has 0 aliphatic heterocycles. The quantitative estimate of drug-likeness (QED) is 0.350. The number of nitrogens with zero attached hydrogens (tertiary/aromatic N) is 3. The third-order valence-corrected chi connectivity index (χ3v) is 6.27. The van der Waals surface area contributed by atoms with E-state index in [1.165, 1.54) is 4.68 Å². The molecule has 2 aromatic heterocycles. The second-order valence-electron chi connectivity index (χ2n) is 8.46. The molecule has 0 saturated carbocycles. The molecule has 0 fully saturated rings. The Balaban J connectivity index is 1.76. The van der Waals surface area contributed by atoms with Crippen LogP contribution in [0.5, 0.6) is 11.5 Å². The molecule has 4 aromatic rings. The molecule has 2 heterocycles. The van der Waals surface area contributed by atoms with Crippen molar-refractivity contribution in [3.8, 4) is 17.2 Å². The smallest absolute Gasteiger partial charge is 0.281 e. The van der Waals surface area contributed by atoms with Crippen LogP contribution in [0.4, 0.5) is 5.69 Å². The van der Waals surface area contributed by atoms with Gasteiger partial charge in [0.25, 0.3) is 5.56 Å². The summed E-state index contributed by atoms with van der Waals surface area (Å²) < 4.78 is 14.7. The fourth-order valence-electron chi connectivity index (χ4n) is 4.65. The van der Waals surface area contributed by atoms with Gasteiger partial charge >= 0.3 is 0 Å². The van der Waals surface area contributed by atoms with Crippen molar-refractivity contribution in [1.82, 2.24) is 14.3 Å². The average Bonchev–Trinajstić information content (AvgIpc) is 3.13. The number of carbonyl (C=O) groups is 1. The van der Waals surface area contributed by atoms with Crippen LogP contribution in [0.25, 0.3) is 16.5 Å². The minimum absolute atomic E-state index is 0.199. The van der Waals surface area contributed by atoms with E-state index < -0.39 is 6.04 Å². The number of carbonyl (C=O) groups excluding carboxylic acids is 1. The Morgan fingerprint density at radius 2 is 1.72 bits per heavy atom. The molecule has 0 unspecified atom stereocenters. The molecular formula is C28H32N4O4. The van der Waals surface area contributed by atoms with E-state index in [1.807, 2.05) is 75.6 Å². The number of nitrogens with one attached hydrogen (secondary N) is 1. The van der Waals surface area contributed by atoms with Gasteiger partial charge in [0.05, 0.1) is 36.2 Å². The summed E-state index contributed by atoms with van der Waals surface area (Å²) in [5.41, 5.74) is 2.58. The lowest BCUT2D eigenvalue weighted by atomic mass is 10.1. The van der Waals surface area contributed by atoms with Gasteiger partial charge in [-0.15, -0.1) is 0 Å². The van der Waals surface area contributed by atoms with Crippen LogP contribution in [0.15, 0.2) is 59.5 Å². The molecule has 0 aliphatic rings. The number of benzene rings is 2. The van der Waals surface area contributed by atoms with E-state index in [0.29, 0.717) is 47.9 Å². The lowest BCUT2D eigenvalue weighted by Crippen LogP contribution is -2.27. The lowest BCUT2D eigenvalue weighted by Gasteiger charge is -2.22. The minimum atomic E-state index is -0.535.